The van der Waals surface area contributed by atoms with Gasteiger partial charge < -0.3 is 5.32 Å². The van der Waals surface area contributed by atoms with Crippen LogP contribution in [0.15, 0.2) is 24.3 Å². The summed E-state index contributed by atoms with van der Waals surface area (Å²) in [5, 5.41) is 14.4. The highest BCUT2D eigenvalue weighted by atomic mass is 35.5. The fourth-order valence-corrected chi connectivity index (χ4v) is 6.00. The number of carbonyl (C=O) groups is 1. The Balaban J connectivity index is 1.79. The van der Waals surface area contributed by atoms with E-state index in [1.807, 2.05) is 26.0 Å². The molecular formula is C27H36ClN3OS. The molecule has 1 amide bonds. The van der Waals surface area contributed by atoms with E-state index in [1.165, 1.54) is 10.4 Å². The number of nitriles is 1. The molecule has 1 heterocycles. The van der Waals surface area contributed by atoms with E-state index in [1.54, 1.807) is 11.3 Å². The smallest absolute Gasteiger partial charge is 0.228 e. The first-order valence-corrected chi connectivity index (χ1v) is 13.4. The molecule has 178 valence electrons. The normalized spacial score (nSPS) is 15.7. The molecule has 6 heteroatoms. The SMILES string of the molecule is CCC(CC)C(=O)Nc1sc2c(c1C#N)CCC(N(CCC(C)C)Cc1ccc(Cl)cc1)C2. The van der Waals surface area contributed by atoms with Gasteiger partial charge in [-0.3, -0.25) is 9.69 Å². The Morgan fingerprint density at radius 2 is 1.97 bits per heavy atom. The predicted molar refractivity (Wildman–Crippen MR) is 139 cm³/mol. The van der Waals surface area contributed by atoms with Gasteiger partial charge in [-0.25, -0.2) is 0 Å². The van der Waals surface area contributed by atoms with Gasteiger partial charge in [-0.05, 0) is 74.2 Å². The highest BCUT2D eigenvalue weighted by Crippen LogP contribution is 2.39. The second-order valence-electron chi connectivity index (χ2n) is 9.50. The summed E-state index contributed by atoms with van der Waals surface area (Å²) in [6.07, 6.45) is 5.63. The minimum absolute atomic E-state index is 0.00526. The van der Waals surface area contributed by atoms with Crippen molar-refractivity contribution in [1.82, 2.24) is 4.90 Å². The summed E-state index contributed by atoms with van der Waals surface area (Å²) in [7, 11) is 0. The molecule has 0 fully saturated rings. The zero-order valence-electron chi connectivity index (χ0n) is 20.3. The number of anilines is 1. The topological polar surface area (TPSA) is 56.1 Å². The Bertz CT molecular complexity index is 972. The average Bonchev–Trinajstić information content (AvgIpc) is 3.14. The van der Waals surface area contributed by atoms with Crippen molar-refractivity contribution in [3.05, 3.63) is 50.9 Å². The molecule has 33 heavy (non-hydrogen) atoms. The molecule has 2 aromatic rings. The van der Waals surface area contributed by atoms with E-state index in [9.17, 15) is 10.1 Å². The summed E-state index contributed by atoms with van der Waals surface area (Å²) < 4.78 is 0. The average molecular weight is 486 g/mol. The van der Waals surface area contributed by atoms with Crippen molar-refractivity contribution in [3.8, 4) is 6.07 Å². The van der Waals surface area contributed by atoms with E-state index in [0.29, 0.717) is 17.5 Å². The van der Waals surface area contributed by atoms with Gasteiger partial charge in [0, 0.05) is 28.4 Å². The van der Waals surface area contributed by atoms with Crippen LogP contribution in [0.1, 0.15) is 74.9 Å². The van der Waals surface area contributed by atoms with Crippen LogP contribution in [0.5, 0.6) is 0 Å². The number of hydrogen-bond acceptors (Lipinski definition) is 4. The molecule has 1 N–H and O–H groups in total. The lowest BCUT2D eigenvalue weighted by Crippen LogP contribution is -2.39. The maximum atomic E-state index is 12.7. The minimum Gasteiger partial charge on any atom is -0.316 e. The monoisotopic (exact) mass is 485 g/mol. The predicted octanol–water partition coefficient (Wildman–Crippen LogP) is 7.05. The summed E-state index contributed by atoms with van der Waals surface area (Å²) in [6, 6.07) is 11.0. The molecule has 0 radical (unpaired) electrons. The van der Waals surface area contributed by atoms with Crippen molar-refractivity contribution in [1.29, 1.82) is 5.26 Å². The van der Waals surface area contributed by atoms with Crippen LogP contribution in [0, 0.1) is 23.2 Å². The van der Waals surface area contributed by atoms with E-state index >= 15 is 0 Å². The summed E-state index contributed by atoms with van der Waals surface area (Å²) in [4.78, 5) is 16.5. The maximum absolute atomic E-state index is 12.7. The van der Waals surface area contributed by atoms with Gasteiger partial charge in [-0.15, -0.1) is 11.3 Å². The number of nitrogens with zero attached hydrogens (tertiary/aromatic N) is 2. The number of thiophene rings is 1. The lowest BCUT2D eigenvalue weighted by atomic mass is 9.90. The Kier molecular flexibility index (Phi) is 9.37. The van der Waals surface area contributed by atoms with Gasteiger partial charge in [0.1, 0.15) is 11.1 Å². The second-order valence-corrected chi connectivity index (χ2v) is 11.0. The van der Waals surface area contributed by atoms with Gasteiger partial charge in [-0.2, -0.15) is 5.26 Å². The van der Waals surface area contributed by atoms with Gasteiger partial charge in [0.25, 0.3) is 0 Å². The first-order valence-electron chi connectivity index (χ1n) is 12.2. The molecule has 1 atom stereocenters. The second kappa shape index (κ2) is 12.0. The van der Waals surface area contributed by atoms with Gasteiger partial charge in [-0.1, -0.05) is 51.4 Å². The number of rotatable bonds is 10. The quantitative estimate of drug-likeness (QED) is 0.392. The van der Waals surface area contributed by atoms with Crippen LogP contribution in [-0.4, -0.2) is 23.4 Å². The standard InChI is InChI=1S/C27H36ClN3OS/c1-5-20(6-2)26(32)30-27-24(16-29)23-12-11-22(15-25(23)33-27)31(14-13-18(3)4)17-19-7-9-21(28)10-8-19/h7-10,18,20,22H,5-6,11-15,17H2,1-4H3,(H,30,32). The first kappa shape index (κ1) is 25.7. The molecule has 1 unspecified atom stereocenters. The van der Waals surface area contributed by atoms with Crippen molar-refractivity contribution in [2.24, 2.45) is 11.8 Å². The van der Waals surface area contributed by atoms with Crippen LogP contribution in [0.3, 0.4) is 0 Å². The van der Waals surface area contributed by atoms with Crippen LogP contribution in [0.2, 0.25) is 5.02 Å². The Morgan fingerprint density at radius 3 is 2.58 bits per heavy atom. The lowest BCUT2D eigenvalue weighted by Gasteiger charge is -2.35. The fourth-order valence-electron chi connectivity index (χ4n) is 4.60. The highest BCUT2D eigenvalue weighted by molar-refractivity contribution is 7.16. The number of benzene rings is 1. The van der Waals surface area contributed by atoms with E-state index in [4.69, 9.17) is 11.6 Å². The summed E-state index contributed by atoms with van der Waals surface area (Å²) in [5.41, 5.74) is 3.10. The molecule has 0 saturated heterocycles. The summed E-state index contributed by atoms with van der Waals surface area (Å²) in [5.74, 6) is 0.679. The van der Waals surface area contributed by atoms with E-state index < -0.39 is 0 Å². The number of amides is 1. The molecular weight excluding hydrogens is 450 g/mol. The lowest BCUT2D eigenvalue weighted by molar-refractivity contribution is -0.120. The van der Waals surface area contributed by atoms with Crippen molar-refractivity contribution in [2.45, 2.75) is 78.8 Å². The maximum Gasteiger partial charge on any atom is 0.228 e. The fraction of sp³-hybridized carbons (Fsp3) is 0.556. The van der Waals surface area contributed by atoms with E-state index in [-0.39, 0.29) is 11.8 Å². The van der Waals surface area contributed by atoms with E-state index in [0.717, 1.165) is 67.2 Å². The zero-order valence-corrected chi connectivity index (χ0v) is 21.9. The van der Waals surface area contributed by atoms with Gasteiger partial charge in [0.2, 0.25) is 5.91 Å². The van der Waals surface area contributed by atoms with Gasteiger partial charge >= 0.3 is 0 Å². The number of fused-ring (bicyclic) bond motifs is 1. The molecule has 1 aliphatic rings. The Morgan fingerprint density at radius 1 is 1.27 bits per heavy atom. The first-order chi connectivity index (χ1) is 15.9. The third-order valence-corrected chi connectivity index (χ3v) is 8.17. The van der Waals surface area contributed by atoms with Crippen LogP contribution >= 0.6 is 22.9 Å². The molecule has 1 aromatic heterocycles. The van der Waals surface area contributed by atoms with Crippen LogP contribution in [-0.2, 0) is 24.2 Å². The van der Waals surface area contributed by atoms with Crippen LogP contribution in [0.25, 0.3) is 0 Å². The molecule has 0 spiro atoms. The zero-order chi connectivity index (χ0) is 24.0. The molecule has 4 nitrogen and oxygen atoms in total. The van der Waals surface area contributed by atoms with Crippen LogP contribution < -0.4 is 5.32 Å². The minimum atomic E-state index is -0.00526. The number of halogens is 1. The summed E-state index contributed by atoms with van der Waals surface area (Å²) >= 11 is 7.70. The van der Waals surface area contributed by atoms with E-state index in [2.05, 4.69) is 42.3 Å². The molecule has 1 aliphatic carbocycles. The van der Waals surface area contributed by atoms with Gasteiger partial charge in [0.15, 0.2) is 0 Å². The van der Waals surface area contributed by atoms with Crippen LogP contribution in [0.4, 0.5) is 5.00 Å². The third-order valence-electron chi connectivity index (χ3n) is 6.75. The van der Waals surface area contributed by atoms with Crippen molar-refractivity contribution >= 4 is 33.8 Å². The molecule has 0 bridgehead atoms. The van der Waals surface area contributed by atoms with Crippen molar-refractivity contribution in [2.75, 3.05) is 11.9 Å². The Labute approximate surface area is 207 Å². The molecule has 0 aliphatic heterocycles. The molecule has 1 aromatic carbocycles. The number of nitrogens with one attached hydrogen (secondary N) is 1. The largest absolute Gasteiger partial charge is 0.316 e. The van der Waals surface area contributed by atoms with Crippen molar-refractivity contribution < 1.29 is 4.79 Å². The van der Waals surface area contributed by atoms with Crippen molar-refractivity contribution in [3.63, 3.8) is 0 Å². The highest BCUT2D eigenvalue weighted by Gasteiger charge is 2.30. The third kappa shape index (κ3) is 6.59. The molecule has 0 saturated carbocycles. The number of hydrogen-bond donors (Lipinski definition) is 1. The van der Waals surface area contributed by atoms with Gasteiger partial charge in [0.05, 0.1) is 5.56 Å². The Hall–Kier alpha value is -1.87. The summed E-state index contributed by atoms with van der Waals surface area (Å²) in [6.45, 7) is 10.6. The molecule has 3 rings (SSSR count). The number of carbonyl (C=O) groups excluding carboxylic acids is 1.